The van der Waals surface area contributed by atoms with Gasteiger partial charge in [-0.25, -0.2) is 0 Å². The van der Waals surface area contributed by atoms with Crippen molar-refractivity contribution in [2.75, 3.05) is 5.75 Å². The number of amides is 1. The van der Waals surface area contributed by atoms with E-state index in [1.54, 1.807) is 4.68 Å². The molecular weight excluding hydrogens is 358 g/mol. The number of tetrazole rings is 1. The summed E-state index contributed by atoms with van der Waals surface area (Å²) < 4.78 is 1.64. The van der Waals surface area contributed by atoms with E-state index in [-0.39, 0.29) is 17.7 Å². The average Bonchev–Trinajstić information content (AvgIpc) is 3.15. The quantitative estimate of drug-likeness (QED) is 0.603. The molecule has 1 aromatic heterocycles. The van der Waals surface area contributed by atoms with Gasteiger partial charge in [0.25, 0.3) is 0 Å². The fraction of sp³-hybridized carbons (Fsp3) is 0.300. The molecule has 1 amide bonds. The van der Waals surface area contributed by atoms with Crippen molar-refractivity contribution in [3.8, 4) is 5.69 Å². The van der Waals surface area contributed by atoms with E-state index in [2.05, 4.69) is 46.8 Å². The second-order valence-corrected chi connectivity index (χ2v) is 7.60. The van der Waals surface area contributed by atoms with Gasteiger partial charge in [-0.05, 0) is 40.5 Å². The molecule has 0 unspecified atom stereocenters. The highest BCUT2D eigenvalue weighted by atomic mass is 32.2. The van der Waals surface area contributed by atoms with E-state index in [1.165, 1.54) is 11.8 Å². The molecule has 0 fully saturated rings. The van der Waals surface area contributed by atoms with Crippen LogP contribution in [0, 0.1) is 5.92 Å². The minimum Gasteiger partial charge on any atom is -0.349 e. The van der Waals surface area contributed by atoms with Gasteiger partial charge >= 0.3 is 0 Å². The van der Waals surface area contributed by atoms with E-state index in [0.717, 1.165) is 17.7 Å². The molecule has 0 spiro atoms. The Morgan fingerprint density at radius 2 is 1.74 bits per heavy atom. The highest BCUT2D eigenvalue weighted by Gasteiger charge is 2.17. The van der Waals surface area contributed by atoms with Gasteiger partial charge in [-0.15, -0.1) is 5.10 Å². The SMILES string of the molecule is CC(C)C[C@H](NC(=O)CSc1nnnn1-c1ccccc1)c1ccccc1. The number of nitrogens with one attached hydrogen (secondary N) is 1. The fourth-order valence-electron chi connectivity index (χ4n) is 2.80. The van der Waals surface area contributed by atoms with Crippen LogP contribution in [0.25, 0.3) is 5.69 Å². The first-order valence-corrected chi connectivity index (χ1v) is 9.93. The van der Waals surface area contributed by atoms with Crippen LogP contribution in [0.2, 0.25) is 0 Å². The molecule has 0 bridgehead atoms. The van der Waals surface area contributed by atoms with Crippen LogP contribution >= 0.6 is 11.8 Å². The zero-order chi connectivity index (χ0) is 19.1. The van der Waals surface area contributed by atoms with Crippen LogP contribution in [0.3, 0.4) is 0 Å². The van der Waals surface area contributed by atoms with Gasteiger partial charge in [-0.3, -0.25) is 4.79 Å². The molecule has 27 heavy (non-hydrogen) atoms. The van der Waals surface area contributed by atoms with Gasteiger partial charge < -0.3 is 5.32 Å². The highest BCUT2D eigenvalue weighted by Crippen LogP contribution is 2.22. The van der Waals surface area contributed by atoms with Crippen molar-refractivity contribution in [3.63, 3.8) is 0 Å². The summed E-state index contributed by atoms with van der Waals surface area (Å²) in [5, 5.41) is 15.5. The molecule has 0 radical (unpaired) electrons. The Morgan fingerprint density at radius 3 is 2.41 bits per heavy atom. The van der Waals surface area contributed by atoms with Gasteiger partial charge in [0.1, 0.15) is 0 Å². The molecule has 0 aliphatic heterocycles. The maximum absolute atomic E-state index is 12.5. The zero-order valence-corrected chi connectivity index (χ0v) is 16.3. The molecule has 0 saturated carbocycles. The smallest absolute Gasteiger partial charge is 0.230 e. The Hall–Kier alpha value is -2.67. The molecule has 1 heterocycles. The number of carbonyl (C=O) groups excluding carboxylic acids is 1. The lowest BCUT2D eigenvalue weighted by molar-refractivity contribution is -0.119. The summed E-state index contributed by atoms with van der Waals surface area (Å²) in [5.74, 6) is 0.708. The summed E-state index contributed by atoms with van der Waals surface area (Å²) >= 11 is 1.33. The van der Waals surface area contributed by atoms with Crippen LogP contribution in [-0.2, 0) is 4.79 Å². The number of aromatic nitrogens is 4. The Bertz CT molecular complexity index is 851. The molecule has 1 N–H and O–H groups in total. The third kappa shape index (κ3) is 5.40. The van der Waals surface area contributed by atoms with Crippen molar-refractivity contribution in [3.05, 3.63) is 66.2 Å². The largest absolute Gasteiger partial charge is 0.349 e. The molecule has 6 nitrogen and oxygen atoms in total. The lowest BCUT2D eigenvalue weighted by Gasteiger charge is -2.21. The van der Waals surface area contributed by atoms with E-state index >= 15 is 0 Å². The van der Waals surface area contributed by atoms with Crippen molar-refractivity contribution < 1.29 is 4.79 Å². The first kappa shape index (κ1) is 19.1. The average molecular weight is 382 g/mol. The second kappa shape index (κ2) is 9.32. The maximum atomic E-state index is 12.5. The summed E-state index contributed by atoms with van der Waals surface area (Å²) in [7, 11) is 0. The number of rotatable bonds is 8. The molecule has 1 atom stereocenters. The molecule has 3 aromatic rings. The number of nitrogens with zero attached hydrogens (tertiary/aromatic N) is 4. The van der Waals surface area contributed by atoms with Gasteiger partial charge in [-0.2, -0.15) is 4.68 Å². The maximum Gasteiger partial charge on any atom is 0.230 e. The van der Waals surface area contributed by atoms with E-state index < -0.39 is 0 Å². The minimum absolute atomic E-state index is 0.00409. The normalized spacial score (nSPS) is 12.1. The third-order valence-corrected chi connectivity index (χ3v) is 4.94. The van der Waals surface area contributed by atoms with Crippen molar-refractivity contribution in [2.24, 2.45) is 5.92 Å². The highest BCUT2D eigenvalue weighted by molar-refractivity contribution is 7.99. The van der Waals surface area contributed by atoms with Crippen LogP contribution in [0.5, 0.6) is 0 Å². The molecule has 140 valence electrons. The monoisotopic (exact) mass is 381 g/mol. The predicted octanol–water partition coefficient (Wildman–Crippen LogP) is 3.66. The number of hydrogen-bond acceptors (Lipinski definition) is 5. The van der Waals surface area contributed by atoms with Crippen LogP contribution in [0.15, 0.2) is 65.8 Å². The van der Waals surface area contributed by atoms with Crippen LogP contribution in [0.1, 0.15) is 31.9 Å². The molecule has 2 aromatic carbocycles. The molecule has 0 saturated heterocycles. The second-order valence-electron chi connectivity index (χ2n) is 6.66. The number of para-hydroxylation sites is 1. The summed E-state index contributed by atoms with van der Waals surface area (Å²) in [5.41, 5.74) is 1.99. The topological polar surface area (TPSA) is 72.7 Å². The standard InChI is InChI=1S/C20H23N5OS/c1-15(2)13-18(16-9-5-3-6-10-16)21-19(26)14-27-20-22-23-24-25(20)17-11-7-4-8-12-17/h3-12,15,18H,13-14H2,1-2H3,(H,21,26)/t18-/m0/s1. The van der Waals surface area contributed by atoms with E-state index in [9.17, 15) is 4.79 Å². The third-order valence-electron chi connectivity index (χ3n) is 4.02. The van der Waals surface area contributed by atoms with Crippen LogP contribution in [-0.4, -0.2) is 31.9 Å². The van der Waals surface area contributed by atoms with Gasteiger partial charge in [0.2, 0.25) is 11.1 Å². The lowest BCUT2D eigenvalue weighted by Crippen LogP contribution is -2.31. The summed E-state index contributed by atoms with van der Waals surface area (Å²) in [4.78, 5) is 12.5. The van der Waals surface area contributed by atoms with Crippen LogP contribution < -0.4 is 5.32 Å². The van der Waals surface area contributed by atoms with Gasteiger partial charge in [0.15, 0.2) is 0 Å². The summed E-state index contributed by atoms with van der Waals surface area (Å²) in [6.07, 6.45) is 0.891. The van der Waals surface area contributed by atoms with Gasteiger partial charge in [-0.1, -0.05) is 74.1 Å². The lowest BCUT2D eigenvalue weighted by atomic mass is 9.97. The number of hydrogen-bond donors (Lipinski definition) is 1. The van der Waals surface area contributed by atoms with Gasteiger partial charge in [0, 0.05) is 0 Å². The molecule has 7 heteroatoms. The summed E-state index contributed by atoms with van der Waals surface area (Å²) in [6, 6.07) is 19.7. The molecular formula is C20H23N5OS. The number of benzene rings is 2. The first-order chi connectivity index (χ1) is 13.1. The Kier molecular flexibility index (Phi) is 6.59. The minimum atomic E-state index is -0.0304. The van der Waals surface area contributed by atoms with Gasteiger partial charge in [0.05, 0.1) is 17.5 Å². The molecule has 3 rings (SSSR count). The van der Waals surface area contributed by atoms with Crippen molar-refractivity contribution in [2.45, 2.75) is 31.5 Å². The van der Waals surface area contributed by atoms with E-state index in [0.29, 0.717) is 11.1 Å². The number of thioether (sulfide) groups is 1. The number of carbonyl (C=O) groups is 1. The van der Waals surface area contributed by atoms with E-state index in [4.69, 9.17) is 0 Å². The summed E-state index contributed by atoms with van der Waals surface area (Å²) in [6.45, 7) is 4.32. The predicted molar refractivity (Wildman–Crippen MR) is 107 cm³/mol. The first-order valence-electron chi connectivity index (χ1n) is 8.94. The van der Waals surface area contributed by atoms with Crippen molar-refractivity contribution in [1.29, 1.82) is 0 Å². The zero-order valence-electron chi connectivity index (χ0n) is 15.4. The van der Waals surface area contributed by atoms with E-state index in [1.807, 2.05) is 48.5 Å². The van der Waals surface area contributed by atoms with Crippen molar-refractivity contribution >= 4 is 17.7 Å². The van der Waals surface area contributed by atoms with Crippen LogP contribution in [0.4, 0.5) is 0 Å². The Labute approximate surface area is 163 Å². The fourth-order valence-corrected chi connectivity index (χ4v) is 3.50. The Balaban J connectivity index is 1.63. The molecule has 0 aliphatic carbocycles. The molecule has 0 aliphatic rings. The Morgan fingerprint density at radius 1 is 1.07 bits per heavy atom. The van der Waals surface area contributed by atoms with Crippen molar-refractivity contribution in [1.82, 2.24) is 25.5 Å².